The van der Waals surface area contributed by atoms with Gasteiger partial charge in [0.1, 0.15) is 10.8 Å². The van der Waals surface area contributed by atoms with Gasteiger partial charge < -0.3 is 9.26 Å². The number of nitrogens with zero attached hydrogens (tertiary/aromatic N) is 3. The molecule has 7 nitrogen and oxygen atoms in total. The van der Waals surface area contributed by atoms with Gasteiger partial charge in [-0.25, -0.2) is 0 Å². The predicted molar refractivity (Wildman–Crippen MR) is 94.9 cm³/mol. The molecule has 0 spiro atoms. The second kappa shape index (κ2) is 7.43. The normalized spacial score (nSPS) is 10.9. The number of carbonyl (C=O) groups excluding carboxylic acids is 1. The zero-order valence-electron chi connectivity index (χ0n) is 14.1. The average Bonchev–Trinajstić information content (AvgIpc) is 3.24. The molecule has 1 N–H and O–H groups in total. The Kier molecular flexibility index (Phi) is 5.08. The van der Waals surface area contributed by atoms with Crippen molar-refractivity contribution in [2.24, 2.45) is 5.92 Å². The molecule has 2 aromatic heterocycles. The third-order valence-electron chi connectivity index (χ3n) is 3.39. The number of hydrogen-bond acceptors (Lipinski definition) is 7. The molecule has 2 heterocycles. The smallest absolute Gasteiger partial charge is 0.279 e. The highest BCUT2D eigenvalue weighted by molar-refractivity contribution is 7.15. The van der Waals surface area contributed by atoms with Crippen molar-refractivity contribution in [1.29, 1.82) is 0 Å². The number of nitrogens with one attached hydrogen (secondary N) is 1. The summed E-state index contributed by atoms with van der Waals surface area (Å²) < 4.78 is 10.4. The van der Waals surface area contributed by atoms with Crippen LogP contribution in [0.2, 0.25) is 0 Å². The lowest BCUT2D eigenvalue weighted by Gasteiger charge is -1.99. The number of hydrogen-bond donors (Lipinski definition) is 1. The first kappa shape index (κ1) is 17.1. The van der Waals surface area contributed by atoms with Gasteiger partial charge in [-0.05, 0) is 30.2 Å². The minimum atomic E-state index is -0.379. The van der Waals surface area contributed by atoms with E-state index in [0.29, 0.717) is 16.8 Å². The van der Waals surface area contributed by atoms with Gasteiger partial charge in [0, 0.05) is 18.1 Å². The number of methoxy groups -OCH3 is 1. The van der Waals surface area contributed by atoms with Gasteiger partial charge in [-0.2, -0.15) is 0 Å². The van der Waals surface area contributed by atoms with E-state index in [-0.39, 0.29) is 11.6 Å². The molecular formula is C17H18N4O3S. The number of aromatic nitrogens is 3. The fourth-order valence-electron chi connectivity index (χ4n) is 2.17. The summed E-state index contributed by atoms with van der Waals surface area (Å²) in [5.74, 6) is 1.36. The first-order valence-corrected chi connectivity index (χ1v) is 8.61. The molecule has 0 aliphatic heterocycles. The molecular weight excluding hydrogens is 340 g/mol. The second-order valence-corrected chi connectivity index (χ2v) is 6.92. The Morgan fingerprint density at radius 2 is 2.04 bits per heavy atom. The van der Waals surface area contributed by atoms with E-state index in [4.69, 9.17) is 9.26 Å². The molecule has 0 radical (unpaired) electrons. The summed E-state index contributed by atoms with van der Waals surface area (Å²) in [6.45, 7) is 4.21. The fourth-order valence-corrected chi connectivity index (χ4v) is 3.12. The topological polar surface area (TPSA) is 90.1 Å². The molecule has 1 amide bonds. The van der Waals surface area contributed by atoms with Crippen LogP contribution in [-0.4, -0.2) is 28.4 Å². The average molecular weight is 358 g/mol. The molecule has 0 saturated heterocycles. The van der Waals surface area contributed by atoms with Crippen LogP contribution in [0.4, 0.5) is 5.13 Å². The maximum atomic E-state index is 12.3. The Labute approximate surface area is 149 Å². The van der Waals surface area contributed by atoms with Crippen LogP contribution in [0.3, 0.4) is 0 Å². The van der Waals surface area contributed by atoms with Crippen molar-refractivity contribution in [3.63, 3.8) is 0 Å². The van der Waals surface area contributed by atoms with Crippen LogP contribution in [0.5, 0.6) is 5.75 Å². The van der Waals surface area contributed by atoms with E-state index in [0.717, 1.165) is 22.7 Å². The van der Waals surface area contributed by atoms with Crippen molar-refractivity contribution in [2.75, 3.05) is 12.4 Å². The van der Waals surface area contributed by atoms with Crippen molar-refractivity contribution in [2.45, 2.75) is 20.3 Å². The molecule has 3 rings (SSSR count). The number of anilines is 1. The van der Waals surface area contributed by atoms with Gasteiger partial charge >= 0.3 is 0 Å². The Balaban J connectivity index is 1.68. The molecule has 0 atom stereocenters. The minimum absolute atomic E-state index is 0.187. The molecule has 0 saturated carbocycles. The highest BCUT2D eigenvalue weighted by Gasteiger charge is 2.16. The molecule has 0 fully saturated rings. The predicted octanol–water partition coefficient (Wildman–Crippen LogP) is 3.65. The lowest BCUT2D eigenvalue weighted by Crippen LogP contribution is -2.11. The van der Waals surface area contributed by atoms with Gasteiger partial charge in [0.05, 0.1) is 7.11 Å². The lowest BCUT2D eigenvalue weighted by molar-refractivity contribution is 0.101. The monoisotopic (exact) mass is 358 g/mol. The highest BCUT2D eigenvalue weighted by atomic mass is 32.1. The molecule has 0 unspecified atom stereocenters. The van der Waals surface area contributed by atoms with E-state index in [9.17, 15) is 4.79 Å². The maximum absolute atomic E-state index is 12.3. The minimum Gasteiger partial charge on any atom is -0.497 e. The van der Waals surface area contributed by atoms with Crippen molar-refractivity contribution < 1.29 is 14.1 Å². The largest absolute Gasteiger partial charge is 0.497 e. The Morgan fingerprint density at radius 3 is 2.72 bits per heavy atom. The van der Waals surface area contributed by atoms with Crippen LogP contribution < -0.4 is 10.1 Å². The molecule has 3 aromatic rings. The van der Waals surface area contributed by atoms with Crippen molar-refractivity contribution in [3.05, 3.63) is 41.0 Å². The Morgan fingerprint density at radius 1 is 1.28 bits per heavy atom. The molecule has 0 aliphatic rings. The summed E-state index contributed by atoms with van der Waals surface area (Å²) in [7, 11) is 1.60. The SMILES string of the molecule is COc1ccc(-c2cc(C(=O)Nc3nnc(CC(C)C)s3)no2)cc1. The van der Waals surface area contributed by atoms with Crippen LogP contribution in [0.1, 0.15) is 29.3 Å². The van der Waals surface area contributed by atoms with Crippen molar-refractivity contribution in [3.8, 4) is 17.1 Å². The van der Waals surface area contributed by atoms with Gasteiger partial charge in [0.25, 0.3) is 5.91 Å². The van der Waals surface area contributed by atoms with Gasteiger partial charge in [-0.3, -0.25) is 10.1 Å². The van der Waals surface area contributed by atoms with E-state index >= 15 is 0 Å². The Bertz CT molecular complexity index is 855. The molecule has 0 bridgehead atoms. The summed E-state index contributed by atoms with van der Waals surface area (Å²) in [6.07, 6.45) is 0.832. The van der Waals surface area contributed by atoms with E-state index in [1.54, 1.807) is 13.2 Å². The summed E-state index contributed by atoms with van der Waals surface area (Å²) >= 11 is 1.37. The van der Waals surface area contributed by atoms with Crippen LogP contribution in [-0.2, 0) is 6.42 Å². The highest BCUT2D eigenvalue weighted by Crippen LogP contribution is 2.24. The van der Waals surface area contributed by atoms with E-state index in [1.807, 2.05) is 24.3 Å². The van der Waals surface area contributed by atoms with Crippen LogP contribution in [0.25, 0.3) is 11.3 Å². The van der Waals surface area contributed by atoms with Crippen LogP contribution in [0.15, 0.2) is 34.9 Å². The zero-order chi connectivity index (χ0) is 17.8. The van der Waals surface area contributed by atoms with Gasteiger partial charge in [0.15, 0.2) is 11.5 Å². The van der Waals surface area contributed by atoms with Gasteiger partial charge in [-0.15, -0.1) is 10.2 Å². The first-order valence-electron chi connectivity index (χ1n) is 7.80. The maximum Gasteiger partial charge on any atom is 0.279 e. The molecule has 8 heteroatoms. The number of amides is 1. The number of carbonyl (C=O) groups is 1. The first-order chi connectivity index (χ1) is 12.0. The molecule has 130 valence electrons. The zero-order valence-corrected chi connectivity index (χ0v) is 15.0. The van der Waals surface area contributed by atoms with Crippen LogP contribution in [0, 0.1) is 5.92 Å². The summed E-state index contributed by atoms with van der Waals surface area (Å²) in [4.78, 5) is 12.3. The molecule has 25 heavy (non-hydrogen) atoms. The lowest BCUT2D eigenvalue weighted by atomic mass is 10.1. The summed E-state index contributed by atoms with van der Waals surface area (Å²) in [5.41, 5.74) is 0.994. The van der Waals surface area contributed by atoms with E-state index in [1.165, 1.54) is 11.3 Å². The standard InChI is InChI=1S/C17H18N4O3S/c1-10(2)8-15-19-20-17(25-15)18-16(22)13-9-14(24-21-13)11-4-6-12(23-3)7-5-11/h4-7,9-10H,8H2,1-3H3,(H,18,20,22). The van der Waals surface area contributed by atoms with Crippen molar-refractivity contribution >= 4 is 22.4 Å². The van der Waals surface area contributed by atoms with Gasteiger partial charge in [-0.1, -0.05) is 30.3 Å². The summed E-state index contributed by atoms with van der Waals surface area (Å²) in [6, 6.07) is 8.89. The van der Waals surface area contributed by atoms with Crippen molar-refractivity contribution in [1.82, 2.24) is 15.4 Å². The fraction of sp³-hybridized carbons (Fsp3) is 0.294. The van der Waals surface area contributed by atoms with Gasteiger partial charge in [0.2, 0.25) is 5.13 Å². The second-order valence-electron chi connectivity index (χ2n) is 5.86. The number of benzene rings is 1. The van der Waals surface area contributed by atoms with Crippen LogP contribution >= 0.6 is 11.3 Å². The van der Waals surface area contributed by atoms with E-state index in [2.05, 4.69) is 34.5 Å². The molecule has 1 aromatic carbocycles. The van der Waals surface area contributed by atoms with E-state index < -0.39 is 0 Å². The third-order valence-corrected chi connectivity index (χ3v) is 4.25. The quantitative estimate of drug-likeness (QED) is 0.723. The summed E-state index contributed by atoms with van der Waals surface area (Å²) in [5, 5.41) is 15.9. The Hall–Kier alpha value is -2.74. The number of ether oxygens (including phenoxy) is 1. The third kappa shape index (κ3) is 4.21. The number of rotatable bonds is 6. The molecule has 0 aliphatic carbocycles.